The van der Waals surface area contributed by atoms with Gasteiger partial charge in [-0.1, -0.05) is 18.2 Å². The SMILES string of the molecule is CCOC(=O)c1cnn(C(C)C(=O)Nc2ccccc2)c1. The summed E-state index contributed by atoms with van der Waals surface area (Å²) in [5, 5.41) is 6.82. The van der Waals surface area contributed by atoms with Crippen LogP contribution in [0.2, 0.25) is 0 Å². The number of carbonyl (C=O) groups excluding carboxylic acids is 2. The van der Waals surface area contributed by atoms with Gasteiger partial charge in [0.05, 0.1) is 18.4 Å². The third-order valence-electron chi connectivity index (χ3n) is 2.93. The highest BCUT2D eigenvalue weighted by Crippen LogP contribution is 2.12. The first-order valence-corrected chi connectivity index (χ1v) is 6.69. The van der Waals surface area contributed by atoms with Crippen molar-refractivity contribution in [1.29, 1.82) is 0 Å². The maximum Gasteiger partial charge on any atom is 0.341 e. The summed E-state index contributed by atoms with van der Waals surface area (Å²) in [5.41, 5.74) is 1.04. The first-order chi connectivity index (χ1) is 10.1. The Morgan fingerprint density at radius 3 is 2.71 bits per heavy atom. The molecule has 110 valence electrons. The molecule has 0 radical (unpaired) electrons. The molecule has 1 unspecified atom stereocenters. The van der Waals surface area contributed by atoms with E-state index in [9.17, 15) is 9.59 Å². The lowest BCUT2D eigenvalue weighted by Crippen LogP contribution is -2.24. The molecule has 1 N–H and O–H groups in total. The van der Waals surface area contributed by atoms with Crippen LogP contribution >= 0.6 is 0 Å². The number of anilines is 1. The number of nitrogens with one attached hydrogen (secondary N) is 1. The Balaban J connectivity index is 2.04. The summed E-state index contributed by atoms with van der Waals surface area (Å²) in [4.78, 5) is 23.7. The standard InChI is InChI=1S/C15H17N3O3/c1-3-21-15(20)12-9-16-18(10-12)11(2)14(19)17-13-7-5-4-6-8-13/h4-11H,3H2,1-2H3,(H,17,19). The summed E-state index contributed by atoms with van der Waals surface area (Å²) in [6.45, 7) is 3.74. The largest absolute Gasteiger partial charge is 0.462 e. The van der Waals surface area contributed by atoms with E-state index in [2.05, 4.69) is 10.4 Å². The molecule has 0 bridgehead atoms. The Labute approximate surface area is 122 Å². The van der Waals surface area contributed by atoms with Crippen molar-refractivity contribution in [2.24, 2.45) is 0 Å². The molecular weight excluding hydrogens is 270 g/mol. The zero-order valence-corrected chi connectivity index (χ0v) is 11.9. The number of carbonyl (C=O) groups is 2. The molecule has 1 heterocycles. The van der Waals surface area contributed by atoms with Gasteiger partial charge < -0.3 is 10.1 Å². The molecule has 6 heteroatoms. The highest BCUT2D eigenvalue weighted by molar-refractivity contribution is 5.93. The lowest BCUT2D eigenvalue weighted by atomic mass is 10.2. The van der Waals surface area contributed by atoms with E-state index in [-0.39, 0.29) is 5.91 Å². The van der Waals surface area contributed by atoms with E-state index >= 15 is 0 Å². The smallest absolute Gasteiger partial charge is 0.341 e. The molecule has 2 rings (SSSR count). The van der Waals surface area contributed by atoms with E-state index in [0.29, 0.717) is 17.9 Å². The predicted octanol–water partition coefficient (Wildman–Crippen LogP) is 2.26. The van der Waals surface area contributed by atoms with Crippen LogP contribution in [0.4, 0.5) is 5.69 Å². The number of nitrogens with zero attached hydrogens (tertiary/aromatic N) is 2. The van der Waals surface area contributed by atoms with Crippen molar-refractivity contribution in [3.63, 3.8) is 0 Å². The van der Waals surface area contributed by atoms with Gasteiger partial charge in [0, 0.05) is 11.9 Å². The molecule has 1 atom stereocenters. The van der Waals surface area contributed by atoms with E-state index < -0.39 is 12.0 Å². The zero-order valence-electron chi connectivity index (χ0n) is 11.9. The average molecular weight is 287 g/mol. The summed E-state index contributed by atoms with van der Waals surface area (Å²) in [5.74, 6) is -0.654. The number of amides is 1. The summed E-state index contributed by atoms with van der Waals surface area (Å²) >= 11 is 0. The van der Waals surface area contributed by atoms with Crippen molar-refractivity contribution in [1.82, 2.24) is 9.78 Å². The van der Waals surface area contributed by atoms with Crippen molar-refractivity contribution < 1.29 is 14.3 Å². The Hall–Kier alpha value is -2.63. The fourth-order valence-electron chi connectivity index (χ4n) is 1.76. The van der Waals surface area contributed by atoms with Gasteiger partial charge in [0.2, 0.25) is 5.91 Å². The molecule has 0 saturated heterocycles. The van der Waals surface area contributed by atoms with Crippen molar-refractivity contribution in [3.05, 3.63) is 48.3 Å². The van der Waals surface area contributed by atoms with Crippen LogP contribution in [0.15, 0.2) is 42.7 Å². The zero-order chi connectivity index (χ0) is 15.2. The van der Waals surface area contributed by atoms with Crippen LogP contribution in [-0.4, -0.2) is 28.3 Å². The van der Waals surface area contributed by atoms with E-state index in [0.717, 1.165) is 0 Å². The molecule has 0 saturated carbocycles. The van der Waals surface area contributed by atoms with Gasteiger partial charge in [-0.2, -0.15) is 5.10 Å². The van der Waals surface area contributed by atoms with E-state index in [1.54, 1.807) is 26.0 Å². The van der Waals surface area contributed by atoms with Crippen LogP contribution < -0.4 is 5.32 Å². The molecule has 2 aromatic rings. The fraction of sp³-hybridized carbons (Fsp3) is 0.267. The van der Waals surface area contributed by atoms with Gasteiger partial charge >= 0.3 is 5.97 Å². The highest BCUT2D eigenvalue weighted by atomic mass is 16.5. The Kier molecular flexibility index (Phi) is 4.71. The molecule has 0 fully saturated rings. The van der Waals surface area contributed by atoms with Gasteiger partial charge in [0.25, 0.3) is 0 Å². The molecule has 0 aliphatic heterocycles. The van der Waals surface area contributed by atoms with E-state index in [1.165, 1.54) is 17.1 Å². The second kappa shape index (κ2) is 6.69. The first kappa shape index (κ1) is 14.8. The minimum Gasteiger partial charge on any atom is -0.462 e. The number of rotatable bonds is 5. The minimum atomic E-state index is -0.534. The number of benzene rings is 1. The number of aromatic nitrogens is 2. The quantitative estimate of drug-likeness (QED) is 0.856. The molecule has 1 aromatic carbocycles. The van der Waals surface area contributed by atoms with Crippen LogP contribution in [-0.2, 0) is 9.53 Å². The van der Waals surface area contributed by atoms with Gasteiger partial charge in [-0.05, 0) is 26.0 Å². The molecule has 0 aliphatic carbocycles. The maximum atomic E-state index is 12.1. The van der Waals surface area contributed by atoms with Gasteiger partial charge in [0.1, 0.15) is 6.04 Å². The van der Waals surface area contributed by atoms with Gasteiger partial charge in [-0.15, -0.1) is 0 Å². The van der Waals surface area contributed by atoms with Crippen LogP contribution in [0.5, 0.6) is 0 Å². The molecule has 21 heavy (non-hydrogen) atoms. The summed E-state index contributed by atoms with van der Waals surface area (Å²) in [6.07, 6.45) is 2.90. The third kappa shape index (κ3) is 3.68. The van der Waals surface area contributed by atoms with Crippen molar-refractivity contribution in [2.75, 3.05) is 11.9 Å². The van der Waals surface area contributed by atoms with Crippen LogP contribution in [0, 0.1) is 0 Å². The van der Waals surface area contributed by atoms with Crippen molar-refractivity contribution in [2.45, 2.75) is 19.9 Å². The number of para-hydroxylation sites is 1. The van der Waals surface area contributed by atoms with Crippen molar-refractivity contribution in [3.8, 4) is 0 Å². The number of hydrogen-bond acceptors (Lipinski definition) is 4. The van der Waals surface area contributed by atoms with Crippen molar-refractivity contribution >= 4 is 17.6 Å². The number of hydrogen-bond donors (Lipinski definition) is 1. The number of ether oxygens (including phenoxy) is 1. The Morgan fingerprint density at radius 1 is 1.33 bits per heavy atom. The molecule has 1 amide bonds. The molecule has 0 spiro atoms. The summed E-state index contributed by atoms with van der Waals surface area (Å²) < 4.78 is 6.32. The molecule has 0 aliphatic rings. The van der Waals surface area contributed by atoms with E-state index in [1.807, 2.05) is 18.2 Å². The summed E-state index contributed by atoms with van der Waals surface area (Å²) in [6, 6.07) is 8.63. The highest BCUT2D eigenvalue weighted by Gasteiger charge is 2.18. The van der Waals surface area contributed by atoms with Gasteiger partial charge in [-0.3, -0.25) is 9.48 Å². The maximum absolute atomic E-state index is 12.1. The van der Waals surface area contributed by atoms with Crippen LogP contribution in [0.1, 0.15) is 30.2 Å². The van der Waals surface area contributed by atoms with Crippen LogP contribution in [0.25, 0.3) is 0 Å². The topological polar surface area (TPSA) is 73.2 Å². The van der Waals surface area contributed by atoms with Gasteiger partial charge in [-0.25, -0.2) is 4.79 Å². The second-order valence-corrected chi connectivity index (χ2v) is 4.46. The average Bonchev–Trinajstić information content (AvgIpc) is 2.97. The normalized spacial score (nSPS) is 11.7. The molecule has 1 aromatic heterocycles. The Bertz CT molecular complexity index is 622. The second-order valence-electron chi connectivity index (χ2n) is 4.46. The van der Waals surface area contributed by atoms with E-state index in [4.69, 9.17) is 4.74 Å². The predicted molar refractivity (Wildman–Crippen MR) is 78.0 cm³/mol. The Morgan fingerprint density at radius 2 is 2.05 bits per heavy atom. The lowest BCUT2D eigenvalue weighted by molar-refractivity contribution is -0.119. The van der Waals surface area contributed by atoms with Crippen LogP contribution in [0.3, 0.4) is 0 Å². The van der Waals surface area contributed by atoms with Gasteiger partial charge in [0.15, 0.2) is 0 Å². The molecule has 6 nitrogen and oxygen atoms in total. The first-order valence-electron chi connectivity index (χ1n) is 6.69. The minimum absolute atomic E-state index is 0.209. The molecular formula is C15H17N3O3. The third-order valence-corrected chi connectivity index (χ3v) is 2.93. The fourth-order valence-corrected chi connectivity index (χ4v) is 1.76. The summed E-state index contributed by atoms with van der Waals surface area (Å²) in [7, 11) is 0. The lowest BCUT2D eigenvalue weighted by Gasteiger charge is -2.12. The monoisotopic (exact) mass is 287 g/mol. The number of esters is 1.